The number of hydrogen-bond donors (Lipinski definition) is 3. The first-order valence-electron chi connectivity index (χ1n) is 12.8. The molecule has 9 nitrogen and oxygen atoms in total. The number of hydrogen-bond acceptors (Lipinski definition) is 6. The molecule has 5 aromatic rings. The van der Waals surface area contributed by atoms with E-state index in [0.717, 1.165) is 28.0 Å². The van der Waals surface area contributed by atoms with Gasteiger partial charge in [-0.05, 0) is 49.4 Å². The fourth-order valence-corrected chi connectivity index (χ4v) is 4.06. The predicted molar refractivity (Wildman–Crippen MR) is 155 cm³/mol. The maximum Gasteiger partial charge on any atom is 0.324 e. The van der Waals surface area contributed by atoms with E-state index in [4.69, 9.17) is 9.84 Å². The third kappa shape index (κ3) is 5.85. The maximum absolute atomic E-state index is 14.9. The van der Waals surface area contributed by atoms with E-state index in [-0.39, 0.29) is 16.9 Å². The van der Waals surface area contributed by atoms with E-state index in [9.17, 15) is 9.18 Å². The lowest BCUT2D eigenvalue weighted by Crippen LogP contribution is -2.22. The molecular formula is C30H30FN7O2. The molecule has 0 fully saturated rings. The van der Waals surface area contributed by atoms with Gasteiger partial charge < -0.3 is 15.4 Å². The summed E-state index contributed by atoms with van der Waals surface area (Å²) in [5.74, 6) is 1.21. The molecule has 2 aromatic carbocycles. The van der Waals surface area contributed by atoms with Gasteiger partial charge in [0.15, 0.2) is 0 Å². The number of ether oxygens (including phenoxy) is 1. The third-order valence-electron chi connectivity index (χ3n) is 6.19. The minimum atomic E-state index is -0.642. The minimum Gasteiger partial charge on any atom is -0.457 e. The van der Waals surface area contributed by atoms with Crippen LogP contribution in [0.2, 0.25) is 0 Å². The zero-order chi connectivity index (χ0) is 28.4. The summed E-state index contributed by atoms with van der Waals surface area (Å²) in [6.07, 6.45) is 1.59. The van der Waals surface area contributed by atoms with Crippen LogP contribution < -0.4 is 20.7 Å². The highest BCUT2D eigenvalue weighted by Gasteiger charge is 2.22. The standard InChI is InChI=1S/C30H30FN7O2/c1-18-6-7-19-14-20(8-10-24(19)34-18)38-28(17-26(37-38)30(2,3)4)36-29(39)35-25-11-9-21(15-23(25)31)40-22-12-13-33-27(16-22)32-5/h6-17H,1-5H3,(H,32,33)(H2,35,36,39). The quantitative estimate of drug-likeness (QED) is 0.214. The van der Waals surface area contributed by atoms with Gasteiger partial charge in [0.1, 0.15) is 29.0 Å². The highest BCUT2D eigenvalue weighted by atomic mass is 19.1. The molecule has 3 N–H and O–H groups in total. The second-order valence-corrected chi connectivity index (χ2v) is 10.4. The number of urea groups is 1. The number of amides is 2. The Labute approximate surface area is 231 Å². The summed E-state index contributed by atoms with van der Waals surface area (Å²) in [7, 11) is 1.74. The van der Waals surface area contributed by atoms with E-state index >= 15 is 0 Å². The van der Waals surface area contributed by atoms with Crippen LogP contribution in [0.3, 0.4) is 0 Å². The first-order valence-corrected chi connectivity index (χ1v) is 12.8. The third-order valence-corrected chi connectivity index (χ3v) is 6.19. The molecule has 0 spiro atoms. The highest BCUT2D eigenvalue weighted by molar-refractivity contribution is 5.99. The van der Waals surface area contributed by atoms with Crippen LogP contribution in [-0.2, 0) is 5.41 Å². The molecule has 0 atom stereocenters. The molecule has 0 bridgehead atoms. The molecule has 5 rings (SSSR count). The Morgan fingerprint density at radius 1 is 0.950 bits per heavy atom. The van der Waals surface area contributed by atoms with Gasteiger partial charge in [0.05, 0.1) is 22.6 Å². The SMILES string of the molecule is CNc1cc(Oc2ccc(NC(=O)Nc3cc(C(C)(C)C)nn3-c3ccc4nc(C)ccc4c3)c(F)c2)ccn1. The first-order chi connectivity index (χ1) is 19.1. The Kier molecular flexibility index (Phi) is 7.08. The van der Waals surface area contributed by atoms with Gasteiger partial charge in [-0.25, -0.2) is 18.9 Å². The number of carbonyl (C=O) groups excluding carboxylic acids is 1. The average molecular weight is 540 g/mol. The normalized spacial score (nSPS) is 11.3. The number of aryl methyl sites for hydroxylation is 1. The Bertz CT molecular complexity index is 1710. The van der Waals surface area contributed by atoms with E-state index < -0.39 is 11.8 Å². The number of nitrogens with one attached hydrogen (secondary N) is 3. The van der Waals surface area contributed by atoms with Crippen LogP contribution in [0.1, 0.15) is 32.2 Å². The number of rotatable bonds is 6. The van der Waals surface area contributed by atoms with Crippen LogP contribution in [0.5, 0.6) is 11.5 Å². The van der Waals surface area contributed by atoms with Gasteiger partial charge in [0.25, 0.3) is 0 Å². The lowest BCUT2D eigenvalue weighted by molar-refractivity contribution is 0.262. The monoisotopic (exact) mass is 539 g/mol. The van der Waals surface area contributed by atoms with E-state index in [1.54, 1.807) is 36.1 Å². The van der Waals surface area contributed by atoms with Gasteiger partial charge in [-0.3, -0.25) is 10.3 Å². The number of anilines is 3. The Morgan fingerprint density at radius 2 is 1.75 bits per heavy atom. The van der Waals surface area contributed by atoms with Gasteiger partial charge in [-0.2, -0.15) is 5.10 Å². The van der Waals surface area contributed by atoms with Crippen molar-refractivity contribution < 1.29 is 13.9 Å². The zero-order valence-electron chi connectivity index (χ0n) is 22.9. The topological polar surface area (TPSA) is 106 Å². The number of nitrogens with zero attached hydrogens (tertiary/aromatic N) is 4. The van der Waals surface area contributed by atoms with Crippen molar-refractivity contribution in [1.29, 1.82) is 0 Å². The summed E-state index contributed by atoms with van der Waals surface area (Å²) in [6.45, 7) is 8.07. The molecule has 2 amide bonds. The molecule has 0 saturated heterocycles. The van der Waals surface area contributed by atoms with Gasteiger partial charge in [0, 0.05) is 47.9 Å². The van der Waals surface area contributed by atoms with Crippen LogP contribution in [0, 0.1) is 12.7 Å². The lowest BCUT2D eigenvalue weighted by atomic mass is 9.92. The summed E-state index contributed by atoms with van der Waals surface area (Å²) in [5.41, 5.74) is 3.08. The molecule has 0 unspecified atom stereocenters. The first kappa shape index (κ1) is 26.6. The van der Waals surface area contributed by atoms with Crippen molar-refractivity contribution >= 4 is 34.3 Å². The van der Waals surface area contributed by atoms with Crippen molar-refractivity contribution in [2.45, 2.75) is 33.1 Å². The lowest BCUT2D eigenvalue weighted by Gasteiger charge is -2.14. The second-order valence-electron chi connectivity index (χ2n) is 10.4. The van der Waals surface area contributed by atoms with E-state index in [1.165, 1.54) is 12.1 Å². The summed E-state index contributed by atoms with van der Waals surface area (Å²) in [6, 6.07) is 18.5. The summed E-state index contributed by atoms with van der Waals surface area (Å²) in [5, 5.41) is 14.0. The van der Waals surface area contributed by atoms with Crippen molar-refractivity contribution in [3.8, 4) is 17.2 Å². The van der Waals surface area contributed by atoms with Gasteiger partial charge >= 0.3 is 6.03 Å². The molecule has 204 valence electrons. The maximum atomic E-state index is 14.9. The Morgan fingerprint density at radius 3 is 2.50 bits per heavy atom. The summed E-state index contributed by atoms with van der Waals surface area (Å²) < 4.78 is 22.3. The summed E-state index contributed by atoms with van der Waals surface area (Å²) >= 11 is 0. The average Bonchev–Trinajstić information content (AvgIpc) is 3.34. The van der Waals surface area contributed by atoms with Crippen LogP contribution in [0.15, 0.2) is 72.9 Å². The molecule has 3 aromatic heterocycles. The van der Waals surface area contributed by atoms with E-state index in [2.05, 4.69) is 25.9 Å². The smallest absolute Gasteiger partial charge is 0.324 e. The molecule has 0 aliphatic heterocycles. The molecule has 10 heteroatoms. The molecule has 0 saturated carbocycles. The van der Waals surface area contributed by atoms with E-state index in [0.29, 0.717) is 17.4 Å². The molecule has 0 aliphatic rings. The molecular weight excluding hydrogens is 509 g/mol. The number of halogens is 1. The number of pyridine rings is 2. The Hall–Kier alpha value is -4.99. The van der Waals surface area contributed by atoms with Crippen molar-refractivity contribution in [2.24, 2.45) is 0 Å². The van der Waals surface area contributed by atoms with E-state index in [1.807, 2.05) is 64.1 Å². The van der Waals surface area contributed by atoms with Crippen molar-refractivity contribution in [1.82, 2.24) is 19.7 Å². The number of aromatic nitrogens is 4. The highest BCUT2D eigenvalue weighted by Crippen LogP contribution is 2.29. The number of fused-ring (bicyclic) bond motifs is 1. The second kappa shape index (κ2) is 10.6. The fraction of sp³-hybridized carbons (Fsp3) is 0.200. The van der Waals surface area contributed by atoms with Crippen molar-refractivity contribution in [2.75, 3.05) is 23.0 Å². The van der Waals surface area contributed by atoms with Crippen molar-refractivity contribution in [3.05, 3.63) is 90.1 Å². The molecule has 40 heavy (non-hydrogen) atoms. The Balaban J connectivity index is 1.37. The van der Waals surface area contributed by atoms with Crippen LogP contribution in [0.4, 0.5) is 26.5 Å². The van der Waals surface area contributed by atoms with Gasteiger partial charge in [-0.1, -0.05) is 26.8 Å². The van der Waals surface area contributed by atoms with Gasteiger partial charge in [0.2, 0.25) is 0 Å². The molecule has 3 heterocycles. The van der Waals surface area contributed by atoms with Crippen LogP contribution in [-0.4, -0.2) is 32.8 Å². The largest absolute Gasteiger partial charge is 0.457 e. The summed E-state index contributed by atoms with van der Waals surface area (Å²) in [4.78, 5) is 21.7. The van der Waals surface area contributed by atoms with Crippen molar-refractivity contribution in [3.63, 3.8) is 0 Å². The van der Waals surface area contributed by atoms with Crippen LogP contribution >= 0.6 is 0 Å². The molecule has 0 aliphatic carbocycles. The predicted octanol–water partition coefficient (Wildman–Crippen LogP) is 7.04. The van der Waals surface area contributed by atoms with Crippen LogP contribution in [0.25, 0.3) is 16.6 Å². The fourth-order valence-electron chi connectivity index (χ4n) is 4.06. The number of carbonyl (C=O) groups is 1. The van der Waals surface area contributed by atoms with Gasteiger partial charge in [-0.15, -0.1) is 0 Å². The minimum absolute atomic E-state index is 0.00440. The molecule has 0 radical (unpaired) electrons. The zero-order valence-corrected chi connectivity index (χ0v) is 22.9. The number of benzene rings is 2.